The maximum atomic E-state index is 8.88. The first-order valence-corrected chi connectivity index (χ1v) is 3.55. The second-order valence-electron chi connectivity index (χ2n) is 3.29. The first-order chi connectivity index (χ1) is 4.12. The van der Waals surface area contributed by atoms with Gasteiger partial charge in [-0.2, -0.15) is 0 Å². The summed E-state index contributed by atoms with van der Waals surface area (Å²) in [4.78, 5) is 0. The van der Waals surface area contributed by atoms with Gasteiger partial charge in [-0.15, -0.1) is 0 Å². The highest BCUT2D eigenvalue weighted by Crippen LogP contribution is 2.33. The van der Waals surface area contributed by atoms with Crippen LogP contribution in [0.1, 0.15) is 26.7 Å². The monoisotopic (exact) mass is 129 g/mol. The summed E-state index contributed by atoms with van der Waals surface area (Å²) < 4.78 is 0. The second kappa shape index (κ2) is 2.27. The van der Waals surface area contributed by atoms with E-state index in [4.69, 9.17) is 5.11 Å². The van der Waals surface area contributed by atoms with Gasteiger partial charge in [-0.3, -0.25) is 0 Å². The molecule has 0 saturated heterocycles. The molecule has 0 bridgehead atoms. The molecule has 1 aliphatic carbocycles. The molecular formula is C7H15NO. The molecule has 0 aromatic rings. The second-order valence-corrected chi connectivity index (χ2v) is 3.29. The van der Waals surface area contributed by atoms with E-state index in [9.17, 15) is 0 Å². The van der Waals surface area contributed by atoms with Crippen molar-refractivity contribution in [2.75, 3.05) is 6.54 Å². The van der Waals surface area contributed by atoms with Crippen molar-refractivity contribution in [3.8, 4) is 0 Å². The Kier molecular flexibility index (Phi) is 1.78. The van der Waals surface area contributed by atoms with Crippen LogP contribution in [0.3, 0.4) is 0 Å². The minimum Gasteiger partial charge on any atom is -0.392 e. The highest BCUT2D eigenvalue weighted by Gasteiger charge is 2.36. The van der Waals surface area contributed by atoms with Gasteiger partial charge in [0.2, 0.25) is 0 Å². The lowest BCUT2D eigenvalue weighted by Gasteiger charge is -2.11. The smallest absolute Gasteiger partial charge is 0.0636 e. The Morgan fingerprint density at radius 3 is 2.56 bits per heavy atom. The van der Waals surface area contributed by atoms with E-state index in [1.807, 2.05) is 0 Å². The molecule has 2 heteroatoms. The van der Waals surface area contributed by atoms with Gasteiger partial charge in [0.15, 0.2) is 0 Å². The standard InChI is InChI=1S/C7H15NO/c1-6(9)5-8-7(2)3-4-7/h6,8-9H,3-5H2,1-2H3/t6-/m1/s1. The van der Waals surface area contributed by atoms with E-state index in [2.05, 4.69) is 12.2 Å². The van der Waals surface area contributed by atoms with Crippen LogP contribution in [-0.4, -0.2) is 23.3 Å². The van der Waals surface area contributed by atoms with Crippen molar-refractivity contribution in [1.82, 2.24) is 5.32 Å². The Balaban J connectivity index is 2.05. The van der Waals surface area contributed by atoms with E-state index in [-0.39, 0.29) is 6.10 Å². The van der Waals surface area contributed by atoms with Crippen LogP contribution in [0.5, 0.6) is 0 Å². The average Bonchev–Trinajstić information content (AvgIpc) is 2.45. The third kappa shape index (κ3) is 2.33. The third-order valence-electron chi connectivity index (χ3n) is 1.82. The lowest BCUT2D eigenvalue weighted by atomic mass is 10.3. The molecule has 9 heavy (non-hydrogen) atoms. The number of hydrogen-bond donors (Lipinski definition) is 2. The first kappa shape index (κ1) is 7.03. The van der Waals surface area contributed by atoms with E-state index in [1.54, 1.807) is 6.92 Å². The summed E-state index contributed by atoms with van der Waals surface area (Å²) in [6, 6.07) is 0. The molecule has 2 nitrogen and oxygen atoms in total. The van der Waals surface area contributed by atoms with Crippen molar-refractivity contribution < 1.29 is 5.11 Å². The summed E-state index contributed by atoms with van der Waals surface area (Å²) in [6.07, 6.45) is 2.32. The topological polar surface area (TPSA) is 32.3 Å². The van der Waals surface area contributed by atoms with Crippen LogP contribution in [0.25, 0.3) is 0 Å². The third-order valence-corrected chi connectivity index (χ3v) is 1.82. The lowest BCUT2D eigenvalue weighted by molar-refractivity contribution is 0.185. The molecular weight excluding hydrogens is 114 g/mol. The summed E-state index contributed by atoms with van der Waals surface area (Å²) >= 11 is 0. The predicted octanol–water partition coefficient (Wildman–Crippen LogP) is 0.509. The highest BCUT2D eigenvalue weighted by molar-refractivity contribution is 4.97. The van der Waals surface area contributed by atoms with Gasteiger partial charge in [-0.1, -0.05) is 0 Å². The number of aliphatic hydroxyl groups is 1. The molecule has 0 radical (unpaired) electrons. The first-order valence-electron chi connectivity index (χ1n) is 3.55. The van der Waals surface area contributed by atoms with Gasteiger partial charge in [0.05, 0.1) is 6.10 Å². The van der Waals surface area contributed by atoms with Crippen LogP contribution in [-0.2, 0) is 0 Å². The van der Waals surface area contributed by atoms with Crippen molar-refractivity contribution >= 4 is 0 Å². The number of rotatable bonds is 3. The van der Waals surface area contributed by atoms with Gasteiger partial charge >= 0.3 is 0 Å². The van der Waals surface area contributed by atoms with E-state index in [0.29, 0.717) is 5.54 Å². The van der Waals surface area contributed by atoms with Gasteiger partial charge < -0.3 is 10.4 Å². The molecule has 54 valence electrons. The maximum absolute atomic E-state index is 8.88. The summed E-state index contributed by atoms with van der Waals surface area (Å²) in [5.74, 6) is 0. The summed E-state index contributed by atoms with van der Waals surface area (Å²) in [5, 5.41) is 12.2. The molecule has 1 atom stereocenters. The molecule has 0 aliphatic heterocycles. The van der Waals surface area contributed by atoms with Gasteiger partial charge in [-0.05, 0) is 26.7 Å². The predicted molar refractivity (Wildman–Crippen MR) is 37.3 cm³/mol. The maximum Gasteiger partial charge on any atom is 0.0636 e. The fourth-order valence-corrected chi connectivity index (χ4v) is 0.758. The number of nitrogens with one attached hydrogen (secondary N) is 1. The van der Waals surface area contributed by atoms with E-state index in [0.717, 1.165) is 6.54 Å². The van der Waals surface area contributed by atoms with Crippen LogP contribution < -0.4 is 5.32 Å². The van der Waals surface area contributed by atoms with Crippen molar-refractivity contribution in [1.29, 1.82) is 0 Å². The molecule has 0 heterocycles. The molecule has 0 spiro atoms. The molecule has 1 aliphatic rings. The number of β-amino-alcohol motifs (C(OH)–C–C–N with tert-alkyl or cyclic N) is 1. The van der Waals surface area contributed by atoms with Gasteiger partial charge in [0.1, 0.15) is 0 Å². The average molecular weight is 129 g/mol. The largest absolute Gasteiger partial charge is 0.392 e. The van der Waals surface area contributed by atoms with Crippen LogP contribution in [0.2, 0.25) is 0 Å². The Morgan fingerprint density at radius 2 is 2.22 bits per heavy atom. The molecule has 0 amide bonds. The van der Waals surface area contributed by atoms with Crippen molar-refractivity contribution in [2.24, 2.45) is 0 Å². The van der Waals surface area contributed by atoms with Crippen molar-refractivity contribution in [3.63, 3.8) is 0 Å². The zero-order valence-electron chi connectivity index (χ0n) is 6.15. The van der Waals surface area contributed by atoms with Crippen molar-refractivity contribution in [2.45, 2.75) is 38.3 Å². The van der Waals surface area contributed by atoms with Crippen LogP contribution in [0.15, 0.2) is 0 Å². The fourth-order valence-electron chi connectivity index (χ4n) is 0.758. The van der Waals surface area contributed by atoms with Crippen molar-refractivity contribution in [3.05, 3.63) is 0 Å². The fraction of sp³-hybridized carbons (Fsp3) is 1.00. The van der Waals surface area contributed by atoms with Crippen LogP contribution >= 0.6 is 0 Å². The highest BCUT2D eigenvalue weighted by atomic mass is 16.3. The molecule has 1 saturated carbocycles. The zero-order valence-corrected chi connectivity index (χ0v) is 6.15. The molecule has 2 N–H and O–H groups in total. The normalized spacial score (nSPS) is 25.7. The number of hydrogen-bond acceptors (Lipinski definition) is 2. The lowest BCUT2D eigenvalue weighted by Crippen LogP contribution is -2.33. The Morgan fingerprint density at radius 1 is 1.67 bits per heavy atom. The summed E-state index contributed by atoms with van der Waals surface area (Å²) in [7, 11) is 0. The minimum atomic E-state index is -0.206. The Labute approximate surface area is 56.3 Å². The van der Waals surface area contributed by atoms with Gasteiger partial charge in [-0.25, -0.2) is 0 Å². The molecule has 0 unspecified atom stereocenters. The molecule has 1 rings (SSSR count). The molecule has 1 fully saturated rings. The quantitative estimate of drug-likeness (QED) is 0.582. The summed E-state index contributed by atoms with van der Waals surface area (Å²) in [5.41, 5.74) is 0.372. The minimum absolute atomic E-state index is 0.206. The molecule has 0 aromatic carbocycles. The van der Waals surface area contributed by atoms with Crippen LogP contribution in [0.4, 0.5) is 0 Å². The van der Waals surface area contributed by atoms with E-state index < -0.39 is 0 Å². The van der Waals surface area contributed by atoms with Crippen LogP contribution in [0, 0.1) is 0 Å². The zero-order chi connectivity index (χ0) is 6.91. The Bertz CT molecular complexity index is 97.1. The van der Waals surface area contributed by atoms with E-state index in [1.165, 1.54) is 12.8 Å². The number of aliphatic hydroxyl groups excluding tert-OH is 1. The molecule has 0 aromatic heterocycles. The van der Waals surface area contributed by atoms with Gasteiger partial charge in [0, 0.05) is 12.1 Å². The van der Waals surface area contributed by atoms with E-state index >= 15 is 0 Å². The Hall–Kier alpha value is -0.0800. The van der Waals surface area contributed by atoms with Gasteiger partial charge in [0.25, 0.3) is 0 Å². The summed E-state index contributed by atoms with van der Waals surface area (Å²) in [6.45, 7) is 4.73. The SMILES string of the molecule is C[C@@H](O)CNC1(C)CC1.